The molecule has 0 amide bonds. The number of fused-ring (bicyclic) bond motifs is 1. The van der Waals surface area contributed by atoms with Gasteiger partial charge in [0.05, 0.1) is 12.8 Å². The van der Waals surface area contributed by atoms with Gasteiger partial charge in [0.25, 0.3) is 0 Å². The Hall–Kier alpha value is -1.06. The van der Waals surface area contributed by atoms with Crippen molar-refractivity contribution in [3.05, 3.63) is 0 Å². The average Bonchev–Trinajstić information content (AvgIpc) is 2.81. The molecule has 0 aromatic rings. The summed E-state index contributed by atoms with van der Waals surface area (Å²) in [4.78, 5) is 21.8. The van der Waals surface area contributed by atoms with Gasteiger partial charge in [0.1, 0.15) is 6.10 Å². The number of rotatable bonds is 4. The van der Waals surface area contributed by atoms with Crippen molar-refractivity contribution < 1.29 is 19.4 Å². The van der Waals surface area contributed by atoms with E-state index in [0.29, 0.717) is 11.8 Å². The average molecular weight is 240 g/mol. The highest BCUT2D eigenvalue weighted by Crippen LogP contribution is 2.48. The molecule has 0 unspecified atom stereocenters. The summed E-state index contributed by atoms with van der Waals surface area (Å²) in [6, 6.07) is 0. The van der Waals surface area contributed by atoms with Crippen molar-refractivity contribution in [3.8, 4) is 0 Å². The molecule has 0 bridgehead atoms. The van der Waals surface area contributed by atoms with E-state index in [1.165, 1.54) is 6.42 Å². The third kappa shape index (κ3) is 2.79. The second-order valence-corrected chi connectivity index (χ2v) is 5.38. The molecule has 4 atom stereocenters. The fourth-order valence-corrected chi connectivity index (χ4v) is 3.42. The van der Waals surface area contributed by atoms with Gasteiger partial charge in [0.15, 0.2) is 0 Å². The van der Waals surface area contributed by atoms with E-state index in [1.807, 2.05) is 0 Å². The monoisotopic (exact) mass is 240 g/mol. The zero-order valence-electron chi connectivity index (χ0n) is 10.2. The number of ether oxygens (including phenoxy) is 1. The van der Waals surface area contributed by atoms with E-state index in [2.05, 4.69) is 6.92 Å². The number of hydrogen-bond acceptors (Lipinski definition) is 3. The smallest absolute Gasteiger partial charge is 0.306 e. The molecular formula is C13H20O4. The molecular weight excluding hydrogens is 220 g/mol. The van der Waals surface area contributed by atoms with Crippen molar-refractivity contribution in [1.29, 1.82) is 0 Å². The van der Waals surface area contributed by atoms with E-state index < -0.39 is 5.97 Å². The fourth-order valence-electron chi connectivity index (χ4n) is 3.42. The Morgan fingerprint density at radius 1 is 1.12 bits per heavy atom. The Morgan fingerprint density at radius 2 is 1.82 bits per heavy atom. The van der Waals surface area contributed by atoms with Crippen LogP contribution in [0.3, 0.4) is 0 Å². The van der Waals surface area contributed by atoms with Gasteiger partial charge in [-0.3, -0.25) is 9.59 Å². The van der Waals surface area contributed by atoms with Crippen LogP contribution in [0.2, 0.25) is 0 Å². The normalized spacial score (nSPS) is 35.6. The minimum absolute atomic E-state index is 0.00122. The first-order valence-electron chi connectivity index (χ1n) is 6.49. The highest BCUT2D eigenvalue weighted by molar-refractivity contribution is 5.76. The number of esters is 1. The number of aliphatic carboxylic acids is 1. The quantitative estimate of drug-likeness (QED) is 0.765. The van der Waals surface area contributed by atoms with Crippen LogP contribution in [0.15, 0.2) is 0 Å². The topological polar surface area (TPSA) is 63.6 Å². The predicted molar refractivity (Wildman–Crippen MR) is 61.4 cm³/mol. The summed E-state index contributed by atoms with van der Waals surface area (Å²) in [5, 5.41) is 8.50. The van der Waals surface area contributed by atoms with Crippen LogP contribution in [0.1, 0.15) is 45.4 Å². The molecule has 2 rings (SSSR count). The summed E-state index contributed by atoms with van der Waals surface area (Å²) in [5.41, 5.74) is 0. The molecule has 2 saturated carbocycles. The van der Waals surface area contributed by atoms with Gasteiger partial charge in [0, 0.05) is 0 Å². The van der Waals surface area contributed by atoms with E-state index >= 15 is 0 Å². The van der Waals surface area contributed by atoms with Crippen molar-refractivity contribution in [2.75, 3.05) is 0 Å². The lowest BCUT2D eigenvalue weighted by molar-refractivity contribution is -0.153. The Kier molecular flexibility index (Phi) is 3.69. The van der Waals surface area contributed by atoms with Crippen LogP contribution in [-0.2, 0) is 14.3 Å². The number of hydrogen-bond donors (Lipinski definition) is 1. The maximum absolute atomic E-state index is 11.5. The molecule has 2 aliphatic rings. The lowest BCUT2D eigenvalue weighted by Crippen LogP contribution is -2.23. The Bertz CT molecular complexity index is 313. The highest BCUT2D eigenvalue weighted by Gasteiger charge is 2.44. The van der Waals surface area contributed by atoms with Crippen LogP contribution in [0.5, 0.6) is 0 Å². The van der Waals surface area contributed by atoms with Gasteiger partial charge < -0.3 is 9.84 Å². The first kappa shape index (κ1) is 12.4. The van der Waals surface area contributed by atoms with Gasteiger partial charge in [-0.15, -0.1) is 0 Å². The molecule has 0 radical (unpaired) electrons. The van der Waals surface area contributed by atoms with E-state index in [1.54, 1.807) is 0 Å². The summed E-state index contributed by atoms with van der Waals surface area (Å²) in [6.45, 7) is 2.28. The number of carbonyl (C=O) groups excluding carboxylic acids is 1. The molecule has 0 aromatic heterocycles. The van der Waals surface area contributed by atoms with Crippen LogP contribution in [0.4, 0.5) is 0 Å². The van der Waals surface area contributed by atoms with E-state index in [0.717, 1.165) is 25.2 Å². The summed E-state index contributed by atoms with van der Waals surface area (Å²) in [5.74, 6) is 0.701. The molecule has 2 aliphatic carbocycles. The third-order valence-electron chi connectivity index (χ3n) is 4.32. The molecule has 0 aromatic carbocycles. The molecule has 4 heteroatoms. The van der Waals surface area contributed by atoms with Crippen LogP contribution in [0.25, 0.3) is 0 Å². The van der Waals surface area contributed by atoms with E-state index in [4.69, 9.17) is 9.84 Å². The maximum Gasteiger partial charge on any atom is 0.306 e. The van der Waals surface area contributed by atoms with E-state index in [-0.39, 0.29) is 24.9 Å². The minimum Gasteiger partial charge on any atom is -0.481 e. The highest BCUT2D eigenvalue weighted by atomic mass is 16.5. The van der Waals surface area contributed by atoms with Crippen molar-refractivity contribution in [3.63, 3.8) is 0 Å². The summed E-state index contributed by atoms with van der Waals surface area (Å²) < 4.78 is 5.42. The van der Waals surface area contributed by atoms with Gasteiger partial charge in [-0.1, -0.05) is 13.3 Å². The number of carbonyl (C=O) groups is 2. The molecule has 0 spiro atoms. The van der Waals surface area contributed by atoms with Gasteiger partial charge in [-0.25, -0.2) is 0 Å². The van der Waals surface area contributed by atoms with Crippen LogP contribution >= 0.6 is 0 Å². The second-order valence-electron chi connectivity index (χ2n) is 5.38. The zero-order valence-corrected chi connectivity index (χ0v) is 10.2. The molecule has 17 heavy (non-hydrogen) atoms. The van der Waals surface area contributed by atoms with E-state index in [9.17, 15) is 9.59 Å². The number of carboxylic acid groups (broad SMARTS) is 1. The molecule has 2 fully saturated rings. The first-order chi connectivity index (χ1) is 8.08. The molecule has 4 nitrogen and oxygen atoms in total. The predicted octanol–water partition coefficient (Wildman–Crippen LogP) is 2.22. The lowest BCUT2D eigenvalue weighted by atomic mass is 9.93. The largest absolute Gasteiger partial charge is 0.481 e. The second kappa shape index (κ2) is 5.07. The van der Waals surface area contributed by atoms with Gasteiger partial charge in [0.2, 0.25) is 0 Å². The van der Waals surface area contributed by atoms with Gasteiger partial charge in [-0.2, -0.15) is 0 Å². The van der Waals surface area contributed by atoms with Crippen molar-refractivity contribution in [2.24, 2.45) is 17.8 Å². The summed E-state index contributed by atoms with van der Waals surface area (Å²) in [6.07, 6.45) is 4.42. The maximum atomic E-state index is 11.5. The van der Waals surface area contributed by atoms with Crippen molar-refractivity contribution in [2.45, 2.75) is 51.6 Å². The Labute approximate surface area is 101 Å². The van der Waals surface area contributed by atoms with Gasteiger partial charge in [-0.05, 0) is 37.0 Å². The van der Waals surface area contributed by atoms with Crippen molar-refractivity contribution in [1.82, 2.24) is 0 Å². The summed E-state index contributed by atoms with van der Waals surface area (Å²) in [7, 11) is 0. The SMILES string of the molecule is C[C@H]1CC[C@H]2[C@@H]1CC[C@@H]2OC(=O)CCC(=O)O. The first-order valence-corrected chi connectivity index (χ1v) is 6.49. The molecule has 1 N–H and O–H groups in total. The number of carboxylic acids is 1. The molecule has 0 saturated heterocycles. The van der Waals surface area contributed by atoms with Crippen LogP contribution in [0, 0.1) is 17.8 Å². The van der Waals surface area contributed by atoms with Crippen LogP contribution < -0.4 is 0 Å². The lowest BCUT2D eigenvalue weighted by Gasteiger charge is -2.19. The third-order valence-corrected chi connectivity index (χ3v) is 4.32. The summed E-state index contributed by atoms with van der Waals surface area (Å²) >= 11 is 0. The van der Waals surface area contributed by atoms with Gasteiger partial charge >= 0.3 is 11.9 Å². The Balaban J connectivity index is 1.80. The molecule has 96 valence electrons. The fraction of sp³-hybridized carbons (Fsp3) is 0.846. The zero-order chi connectivity index (χ0) is 12.4. The minimum atomic E-state index is -0.944. The molecule has 0 aliphatic heterocycles. The standard InChI is InChI=1S/C13H20O4/c1-8-2-3-10-9(8)4-5-11(10)17-13(16)7-6-12(14)15/h8-11H,2-7H2,1H3,(H,14,15)/t8-,9+,10-,11-/m0/s1. The van der Waals surface area contributed by atoms with Crippen molar-refractivity contribution >= 4 is 11.9 Å². The van der Waals surface area contributed by atoms with Crippen LogP contribution in [-0.4, -0.2) is 23.1 Å². The Morgan fingerprint density at radius 3 is 2.53 bits per heavy atom. The molecule has 0 heterocycles.